The van der Waals surface area contributed by atoms with E-state index in [1.165, 1.54) is 57.8 Å². The Bertz CT molecular complexity index is 337. The summed E-state index contributed by atoms with van der Waals surface area (Å²) in [6, 6.07) is 8.02. The van der Waals surface area contributed by atoms with Crippen LogP contribution >= 0.6 is 12.6 Å². The topological polar surface area (TPSA) is 9.23 Å². The summed E-state index contributed by atoms with van der Waals surface area (Å²) in [7, 11) is 0. The summed E-state index contributed by atoms with van der Waals surface area (Å²) < 4.78 is 5.93. The predicted molar refractivity (Wildman–Crippen MR) is 84.2 cm³/mol. The molecule has 1 aromatic carbocycles. The van der Waals surface area contributed by atoms with Gasteiger partial charge in [0.25, 0.3) is 0 Å². The van der Waals surface area contributed by atoms with Gasteiger partial charge < -0.3 is 4.74 Å². The smallest absolute Gasteiger partial charge is 0.119 e. The third-order valence-corrected chi connectivity index (χ3v) is 4.35. The number of hydrogen-bond donors (Lipinski definition) is 1. The van der Waals surface area contributed by atoms with Gasteiger partial charge in [-0.3, -0.25) is 0 Å². The fraction of sp³-hybridized carbons (Fsp3) is 0.647. The van der Waals surface area contributed by atoms with Crippen LogP contribution in [0.4, 0.5) is 0 Å². The summed E-state index contributed by atoms with van der Waals surface area (Å²) in [5.74, 6) is 1.73. The zero-order valence-electron chi connectivity index (χ0n) is 11.8. The quantitative estimate of drug-likeness (QED) is 0.719. The minimum absolute atomic E-state index is 0.744. The van der Waals surface area contributed by atoms with Crippen LogP contribution in [0.15, 0.2) is 29.2 Å². The van der Waals surface area contributed by atoms with Crippen LogP contribution in [0.3, 0.4) is 0 Å². The molecule has 19 heavy (non-hydrogen) atoms. The van der Waals surface area contributed by atoms with E-state index in [1.54, 1.807) is 0 Å². The molecule has 1 nitrogen and oxygen atoms in total. The molecule has 1 aromatic rings. The van der Waals surface area contributed by atoms with Crippen LogP contribution in [-0.2, 0) is 0 Å². The van der Waals surface area contributed by atoms with Crippen LogP contribution < -0.4 is 4.74 Å². The second kappa shape index (κ2) is 8.52. The maximum atomic E-state index is 5.93. The molecule has 0 aromatic heterocycles. The maximum Gasteiger partial charge on any atom is 0.119 e. The van der Waals surface area contributed by atoms with E-state index in [1.807, 2.05) is 24.3 Å². The van der Waals surface area contributed by atoms with E-state index in [4.69, 9.17) is 4.74 Å². The lowest BCUT2D eigenvalue weighted by atomic mass is 9.93. The monoisotopic (exact) mass is 278 g/mol. The Morgan fingerprint density at radius 2 is 1.37 bits per heavy atom. The lowest BCUT2D eigenvalue weighted by molar-refractivity contribution is 0.222. The standard InChI is InChI=1S/C17H26OS/c19-17-12-10-16(11-13-17)18-14-15-8-6-4-2-1-3-5-7-9-15/h10-13,15,19H,1-9,14H2. The fourth-order valence-electron chi connectivity index (χ4n) is 2.82. The van der Waals surface area contributed by atoms with Gasteiger partial charge in [-0.15, -0.1) is 12.6 Å². The van der Waals surface area contributed by atoms with Crippen LogP contribution in [0.2, 0.25) is 0 Å². The Hall–Kier alpha value is -0.630. The van der Waals surface area contributed by atoms with Gasteiger partial charge >= 0.3 is 0 Å². The molecule has 106 valence electrons. The Kier molecular flexibility index (Phi) is 6.63. The summed E-state index contributed by atoms with van der Waals surface area (Å²) in [6.07, 6.45) is 12.5. The predicted octanol–water partition coefficient (Wildman–Crippen LogP) is 5.49. The van der Waals surface area contributed by atoms with Crippen molar-refractivity contribution in [3.8, 4) is 5.75 Å². The normalized spacial score (nSPS) is 19.0. The van der Waals surface area contributed by atoms with E-state index >= 15 is 0 Å². The van der Waals surface area contributed by atoms with Crippen molar-refractivity contribution in [3.05, 3.63) is 24.3 Å². The first kappa shape index (κ1) is 14.8. The number of thiol groups is 1. The van der Waals surface area contributed by atoms with Crippen LogP contribution in [0.25, 0.3) is 0 Å². The molecular formula is C17H26OS. The molecule has 2 rings (SSSR count). The minimum atomic E-state index is 0.744. The molecule has 0 spiro atoms. The zero-order chi connectivity index (χ0) is 13.3. The molecule has 1 saturated carbocycles. The average Bonchev–Trinajstić information content (AvgIpc) is 2.45. The summed E-state index contributed by atoms with van der Waals surface area (Å²) in [5, 5.41) is 0. The molecule has 0 saturated heterocycles. The largest absolute Gasteiger partial charge is 0.493 e. The van der Waals surface area contributed by atoms with E-state index in [0.29, 0.717) is 0 Å². The Labute approximate surface area is 123 Å². The fourth-order valence-corrected chi connectivity index (χ4v) is 2.97. The first-order chi connectivity index (χ1) is 9.34. The summed E-state index contributed by atoms with van der Waals surface area (Å²) in [6.45, 7) is 0.881. The van der Waals surface area contributed by atoms with Crippen molar-refractivity contribution in [2.45, 2.75) is 62.7 Å². The lowest BCUT2D eigenvalue weighted by Crippen LogP contribution is -2.13. The van der Waals surface area contributed by atoms with Gasteiger partial charge in [0, 0.05) is 4.90 Å². The molecule has 0 N–H and O–H groups in total. The Balaban J connectivity index is 1.76. The molecule has 1 fully saturated rings. The Morgan fingerprint density at radius 1 is 0.842 bits per heavy atom. The van der Waals surface area contributed by atoms with Crippen LogP contribution in [0, 0.1) is 5.92 Å². The highest BCUT2D eigenvalue weighted by atomic mass is 32.1. The molecule has 1 aliphatic rings. The molecule has 0 amide bonds. The number of ether oxygens (including phenoxy) is 1. The van der Waals surface area contributed by atoms with Gasteiger partial charge in [-0.25, -0.2) is 0 Å². The van der Waals surface area contributed by atoms with Crippen molar-refractivity contribution in [1.29, 1.82) is 0 Å². The number of hydrogen-bond acceptors (Lipinski definition) is 2. The van der Waals surface area contributed by atoms with E-state index in [-0.39, 0.29) is 0 Å². The summed E-state index contributed by atoms with van der Waals surface area (Å²) in [4.78, 5) is 0.992. The van der Waals surface area contributed by atoms with Crippen LogP contribution in [0.1, 0.15) is 57.8 Å². The van der Waals surface area contributed by atoms with E-state index in [0.717, 1.165) is 23.2 Å². The highest BCUT2D eigenvalue weighted by Gasteiger charge is 2.11. The van der Waals surface area contributed by atoms with Gasteiger partial charge in [0.05, 0.1) is 6.61 Å². The first-order valence-corrected chi connectivity index (χ1v) is 8.21. The highest BCUT2D eigenvalue weighted by molar-refractivity contribution is 7.80. The Morgan fingerprint density at radius 3 is 1.95 bits per heavy atom. The number of rotatable bonds is 3. The van der Waals surface area contributed by atoms with E-state index in [9.17, 15) is 0 Å². The minimum Gasteiger partial charge on any atom is -0.493 e. The highest BCUT2D eigenvalue weighted by Crippen LogP contribution is 2.23. The van der Waals surface area contributed by atoms with E-state index < -0.39 is 0 Å². The number of benzene rings is 1. The maximum absolute atomic E-state index is 5.93. The molecule has 0 atom stereocenters. The average molecular weight is 278 g/mol. The molecule has 1 aliphatic carbocycles. The molecule has 0 radical (unpaired) electrons. The van der Waals surface area contributed by atoms with Crippen LogP contribution in [-0.4, -0.2) is 6.61 Å². The molecule has 0 unspecified atom stereocenters. The van der Waals surface area contributed by atoms with Crippen molar-refractivity contribution >= 4 is 12.6 Å². The van der Waals surface area contributed by atoms with E-state index in [2.05, 4.69) is 12.6 Å². The van der Waals surface area contributed by atoms with Crippen molar-refractivity contribution in [2.24, 2.45) is 5.92 Å². The lowest BCUT2D eigenvalue weighted by Gasteiger charge is -2.19. The van der Waals surface area contributed by atoms with Crippen LogP contribution in [0.5, 0.6) is 5.75 Å². The van der Waals surface area contributed by atoms with Gasteiger partial charge in [0.15, 0.2) is 0 Å². The third kappa shape index (κ3) is 5.90. The third-order valence-electron chi connectivity index (χ3n) is 4.05. The SMILES string of the molecule is Sc1ccc(OCC2CCCCCCCCC2)cc1. The van der Waals surface area contributed by atoms with Crippen molar-refractivity contribution in [1.82, 2.24) is 0 Å². The zero-order valence-corrected chi connectivity index (χ0v) is 12.7. The van der Waals surface area contributed by atoms with Gasteiger partial charge in [-0.05, 0) is 43.0 Å². The molecule has 0 bridgehead atoms. The molecule has 0 heterocycles. The molecule has 0 aliphatic heterocycles. The second-order valence-corrected chi connectivity index (χ2v) is 6.24. The summed E-state index contributed by atoms with van der Waals surface area (Å²) >= 11 is 4.29. The van der Waals surface area contributed by atoms with Gasteiger partial charge in [0.1, 0.15) is 5.75 Å². The van der Waals surface area contributed by atoms with Crippen molar-refractivity contribution < 1.29 is 4.74 Å². The first-order valence-electron chi connectivity index (χ1n) is 7.76. The molecule has 2 heteroatoms. The second-order valence-electron chi connectivity index (χ2n) is 5.72. The molecular weight excluding hydrogens is 252 g/mol. The van der Waals surface area contributed by atoms with Crippen molar-refractivity contribution in [2.75, 3.05) is 6.61 Å². The van der Waals surface area contributed by atoms with Gasteiger partial charge in [-0.1, -0.05) is 44.9 Å². The summed E-state index contributed by atoms with van der Waals surface area (Å²) in [5.41, 5.74) is 0. The van der Waals surface area contributed by atoms with Gasteiger partial charge in [0.2, 0.25) is 0 Å². The van der Waals surface area contributed by atoms with Crippen molar-refractivity contribution in [3.63, 3.8) is 0 Å². The van der Waals surface area contributed by atoms with Gasteiger partial charge in [-0.2, -0.15) is 0 Å².